The van der Waals surface area contributed by atoms with Crippen molar-refractivity contribution in [2.45, 2.75) is 26.3 Å². The highest BCUT2D eigenvalue weighted by Crippen LogP contribution is 2.29. The first-order valence-corrected chi connectivity index (χ1v) is 6.64. The van der Waals surface area contributed by atoms with Gasteiger partial charge in [0, 0.05) is 12.6 Å². The number of hydrogen-bond donors (Lipinski definition) is 1. The normalized spacial score (nSPS) is 21.9. The van der Waals surface area contributed by atoms with Gasteiger partial charge in [0.15, 0.2) is 0 Å². The zero-order valence-electron chi connectivity index (χ0n) is 11.9. The van der Waals surface area contributed by atoms with Gasteiger partial charge in [0.1, 0.15) is 5.75 Å². The van der Waals surface area contributed by atoms with Crippen molar-refractivity contribution in [2.24, 2.45) is 5.92 Å². The number of benzene rings is 1. The minimum atomic E-state index is -0.844. The standard InChI is InChI=1S/C15H19NO4/c1-9-4-5-13(20-3)12(8-9)14(17)16-7-6-11(10(16)2)15(18)19/h4-5,8,10-11H,6-7H2,1-3H3,(H,18,19). The Morgan fingerprint density at radius 3 is 2.65 bits per heavy atom. The topological polar surface area (TPSA) is 66.8 Å². The Morgan fingerprint density at radius 1 is 1.40 bits per heavy atom. The number of rotatable bonds is 3. The number of carboxylic acids is 1. The van der Waals surface area contributed by atoms with Crippen LogP contribution in [-0.2, 0) is 4.79 Å². The molecular formula is C15H19NO4. The Kier molecular flexibility index (Phi) is 3.97. The molecule has 5 heteroatoms. The molecule has 1 fully saturated rings. The summed E-state index contributed by atoms with van der Waals surface area (Å²) in [7, 11) is 1.52. The summed E-state index contributed by atoms with van der Waals surface area (Å²) in [5.41, 5.74) is 1.46. The van der Waals surface area contributed by atoms with E-state index < -0.39 is 11.9 Å². The second-order valence-electron chi connectivity index (χ2n) is 5.18. The van der Waals surface area contributed by atoms with Crippen molar-refractivity contribution in [3.8, 4) is 5.75 Å². The van der Waals surface area contributed by atoms with Crippen LogP contribution in [-0.4, -0.2) is 41.6 Å². The van der Waals surface area contributed by atoms with Gasteiger partial charge in [-0.1, -0.05) is 11.6 Å². The molecule has 1 aromatic rings. The van der Waals surface area contributed by atoms with E-state index >= 15 is 0 Å². The van der Waals surface area contributed by atoms with Crippen LogP contribution in [0.2, 0.25) is 0 Å². The molecule has 0 bridgehead atoms. The van der Waals surface area contributed by atoms with Crippen molar-refractivity contribution >= 4 is 11.9 Å². The van der Waals surface area contributed by atoms with E-state index in [-0.39, 0.29) is 11.9 Å². The fourth-order valence-corrected chi connectivity index (χ4v) is 2.70. The molecule has 1 N–H and O–H groups in total. The molecule has 0 saturated carbocycles. The number of carboxylic acid groups (broad SMARTS) is 1. The number of hydrogen-bond acceptors (Lipinski definition) is 3. The second kappa shape index (κ2) is 5.53. The molecule has 2 rings (SSSR count). The Morgan fingerprint density at radius 2 is 2.10 bits per heavy atom. The van der Waals surface area contributed by atoms with Gasteiger partial charge in [0.05, 0.1) is 18.6 Å². The van der Waals surface area contributed by atoms with Gasteiger partial charge in [-0.25, -0.2) is 0 Å². The maximum absolute atomic E-state index is 12.6. The highest BCUT2D eigenvalue weighted by Gasteiger charge is 2.38. The van der Waals surface area contributed by atoms with E-state index in [9.17, 15) is 9.59 Å². The van der Waals surface area contributed by atoms with E-state index in [1.54, 1.807) is 24.0 Å². The first kappa shape index (κ1) is 14.4. The zero-order valence-corrected chi connectivity index (χ0v) is 11.9. The fourth-order valence-electron chi connectivity index (χ4n) is 2.70. The second-order valence-corrected chi connectivity index (χ2v) is 5.18. The highest BCUT2D eigenvalue weighted by molar-refractivity contribution is 5.98. The predicted octanol–water partition coefficient (Wildman–Crippen LogP) is 1.94. The van der Waals surface area contributed by atoms with Crippen LogP contribution in [0.15, 0.2) is 18.2 Å². The van der Waals surface area contributed by atoms with Crippen molar-refractivity contribution in [1.82, 2.24) is 4.90 Å². The average molecular weight is 277 g/mol. The minimum absolute atomic E-state index is 0.165. The number of nitrogens with zero attached hydrogens (tertiary/aromatic N) is 1. The van der Waals surface area contributed by atoms with E-state index in [0.29, 0.717) is 24.3 Å². The summed E-state index contributed by atoms with van der Waals surface area (Å²) in [6, 6.07) is 5.12. The Labute approximate surface area is 118 Å². The first-order chi connectivity index (χ1) is 9.45. The molecule has 20 heavy (non-hydrogen) atoms. The summed E-state index contributed by atoms with van der Waals surface area (Å²) >= 11 is 0. The summed E-state index contributed by atoms with van der Waals surface area (Å²) in [5, 5.41) is 9.14. The summed E-state index contributed by atoms with van der Waals surface area (Å²) in [5.74, 6) is -0.980. The molecular weight excluding hydrogens is 258 g/mol. The van der Waals surface area contributed by atoms with E-state index in [1.807, 2.05) is 13.0 Å². The molecule has 0 aliphatic carbocycles. The lowest BCUT2D eigenvalue weighted by atomic mass is 10.0. The number of carbonyl (C=O) groups excluding carboxylic acids is 1. The molecule has 1 aliphatic heterocycles. The van der Waals surface area contributed by atoms with Gasteiger partial charge in [0.2, 0.25) is 0 Å². The summed E-state index contributed by atoms with van der Waals surface area (Å²) in [4.78, 5) is 25.4. The van der Waals surface area contributed by atoms with Gasteiger partial charge in [-0.2, -0.15) is 0 Å². The first-order valence-electron chi connectivity index (χ1n) is 6.64. The van der Waals surface area contributed by atoms with Crippen LogP contribution in [0.25, 0.3) is 0 Å². The minimum Gasteiger partial charge on any atom is -0.496 e. The van der Waals surface area contributed by atoms with E-state index in [4.69, 9.17) is 9.84 Å². The van der Waals surface area contributed by atoms with Crippen molar-refractivity contribution in [1.29, 1.82) is 0 Å². The predicted molar refractivity (Wildman–Crippen MR) is 74.0 cm³/mol. The van der Waals surface area contributed by atoms with Crippen LogP contribution in [0.1, 0.15) is 29.3 Å². The Hall–Kier alpha value is -2.04. The van der Waals surface area contributed by atoms with Crippen molar-refractivity contribution < 1.29 is 19.4 Å². The summed E-state index contributed by atoms with van der Waals surface area (Å²) < 4.78 is 5.23. The van der Waals surface area contributed by atoms with Gasteiger partial charge in [-0.05, 0) is 32.4 Å². The van der Waals surface area contributed by atoms with E-state index in [2.05, 4.69) is 0 Å². The van der Waals surface area contributed by atoms with Crippen LogP contribution in [0.3, 0.4) is 0 Å². The molecule has 2 atom stereocenters. The fraction of sp³-hybridized carbons (Fsp3) is 0.467. The van der Waals surface area contributed by atoms with Crippen LogP contribution in [0, 0.1) is 12.8 Å². The van der Waals surface area contributed by atoms with Gasteiger partial charge in [0.25, 0.3) is 5.91 Å². The molecule has 5 nitrogen and oxygen atoms in total. The van der Waals surface area contributed by atoms with E-state index in [1.165, 1.54) is 7.11 Å². The lowest BCUT2D eigenvalue weighted by molar-refractivity contribution is -0.142. The maximum atomic E-state index is 12.6. The lowest BCUT2D eigenvalue weighted by Gasteiger charge is -2.24. The summed E-state index contributed by atoms with van der Waals surface area (Å²) in [6.07, 6.45) is 0.496. The molecule has 1 aromatic carbocycles. The maximum Gasteiger partial charge on any atom is 0.308 e. The van der Waals surface area contributed by atoms with Gasteiger partial charge in [-0.15, -0.1) is 0 Å². The van der Waals surface area contributed by atoms with Gasteiger partial charge >= 0.3 is 5.97 Å². The third-order valence-electron chi connectivity index (χ3n) is 3.92. The quantitative estimate of drug-likeness (QED) is 0.917. The molecule has 1 amide bonds. The van der Waals surface area contributed by atoms with Crippen molar-refractivity contribution in [3.05, 3.63) is 29.3 Å². The number of amides is 1. The van der Waals surface area contributed by atoms with Crippen molar-refractivity contribution in [3.63, 3.8) is 0 Å². The average Bonchev–Trinajstić information content (AvgIpc) is 2.79. The van der Waals surface area contributed by atoms with Crippen LogP contribution < -0.4 is 4.74 Å². The largest absolute Gasteiger partial charge is 0.496 e. The number of aryl methyl sites for hydroxylation is 1. The number of carbonyl (C=O) groups is 2. The molecule has 1 aliphatic rings. The van der Waals surface area contributed by atoms with Crippen LogP contribution in [0.5, 0.6) is 5.75 Å². The molecule has 1 saturated heterocycles. The molecule has 1 heterocycles. The lowest BCUT2D eigenvalue weighted by Crippen LogP contribution is -2.37. The van der Waals surface area contributed by atoms with Crippen molar-refractivity contribution in [2.75, 3.05) is 13.7 Å². The molecule has 0 radical (unpaired) electrons. The zero-order chi connectivity index (χ0) is 14.9. The summed E-state index contributed by atoms with van der Waals surface area (Å²) in [6.45, 7) is 4.16. The third kappa shape index (κ3) is 2.48. The molecule has 2 unspecified atom stereocenters. The van der Waals surface area contributed by atoms with Crippen LogP contribution >= 0.6 is 0 Å². The number of aliphatic carboxylic acids is 1. The monoisotopic (exact) mass is 277 g/mol. The molecule has 0 aromatic heterocycles. The number of likely N-dealkylation sites (tertiary alicyclic amines) is 1. The molecule has 108 valence electrons. The van der Waals surface area contributed by atoms with E-state index in [0.717, 1.165) is 5.56 Å². The number of ether oxygens (including phenoxy) is 1. The van der Waals surface area contributed by atoms with Gasteiger partial charge < -0.3 is 14.7 Å². The molecule has 0 spiro atoms. The number of methoxy groups -OCH3 is 1. The van der Waals surface area contributed by atoms with Gasteiger partial charge in [-0.3, -0.25) is 9.59 Å². The van der Waals surface area contributed by atoms with Crippen LogP contribution in [0.4, 0.5) is 0 Å². The third-order valence-corrected chi connectivity index (χ3v) is 3.92. The highest BCUT2D eigenvalue weighted by atomic mass is 16.5. The Bertz CT molecular complexity index is 541. The Balaban J connectivity index is 2.29. The SMILES string of the molecule is COc1ccc(C)cc1C(=O)N1CCC(C(=O)O)C1C. The smallest absolute Gasteiger partial charge is 0.308 e.